The van der Waals surface area contributed by atoms with Crippen LogP contribution in [-0.2, 0) is 5.54 Å². The van der Waals surface area contributed by atoms with Crippen molar-refractivity contribution < 1.29 is 13.5 Å². The lowest BCUT2D eigenvalue weighted by atomic mass is 9.94. The van der Waals surface area contributed by atoms with Gasteiger partial charge in [0.15, 0.2) is 11.6 Å². The van der Waals surface area contributed by atoms with Crippen molar-refractivity contribution in [3.63, 3.8) is 0 Å². The minimum atomic E-state index is -1.12. The molecule has 0 aliphatic heterocycles. The van der Waals surface area contributed by atoms with E-state index in [9.17, 15) is 8.78 Å². The van der Waals surface area contributed by atoms with Gasteiger partial charge in [-0.05, 0) is 19.9 Å². The molecule has 0 radical (unpaired) electrons. The van der Waals surface area contributed by atoms with E-state index in [1.807, 2.05) is 0 Å². The van der Waals surface area contributed by atoms with Crippen LogP contribution in [0.2, 0.25) is 5.02 Å². The summed E-state index contributed by atoms with van der Waals surface area (Å²) in [5, 5.41) is -0.304. The highest BCUT2D eigenvalue weighted by molar-refractivity contribution is 6.30. The van der Waals surface area contributed by atoms with Gasteiger partial charge in [0.1, 0.15) is 0 Å². The van der Waals surface area contributed by atoms with E-state index in [0.29, 0.717) is 5.56 Å². The number of nitrogens with two attached hydrogens (primary N) is 1. The fraction of sp³-hybridized carbons (Fsp3) is 0.400. The second-order valence-electron chi connectivity index (χ2n) is 3.79. The molecule has 0 unspecified atom stereocenters. The summed E-state index contributed by atoms with van der Waals surface area (Å²) >= 11 is 5.53. The van der Waals surface area contributed by atoms with E-state index >= 15 is 0 Å². The van der Waals surface area contributed by atoms with Crippen LogP contribution < -0.4 is 10.5 Å². The quantitative estimate of drug-likeness (QED) is 0.800. The summed E-state index contributed by atoms with van der Waals surface area (Å²) in [5.41, 5.74) is 5.26. The topological polar surface area (TPSA) is 35.2 Å². The lowest BCUT2D eigenvalue weighted by molar-refractivity contribution is 0.355. The number of methoxy groups -OCH3 is 1. The minimum Gasteiger partial charge on any atom is -0.493 e. The van der Waals surface area contributed by atoms with Crippen molar-refractivity contribution in [2.75, 3.05) is 7.11 Å². The van der Waals surface area contributed by atoms with Gasteiger partial charge in [-0.3, -0.25) is 0 Å². The Morgan fingerprint density at radius 2 is 1.87 bits per heavy atom. The lowest BCUT2D eigenvalue weighted by Crippen LogP contribution is -2.29. The lowest BCUT2D eigenvalue weighted by Gasteiger charge is -2.22. The zero-order chi connectivity index (χ0) is 11.8. The second kappa shape index (κ2) is 3.94. The molecule has 2 N–H and O–H groups in total. The van der Waals surface area contributed by atoms with Crippen molar-refractivity contribution in [2.45, 2.75) is 19.4 Å². The summed E-state index contributed by atoms with van der Waals surface area (Å²) in [6, 6.07) is 1.28. The predicted octanol–water partition coefficient (Wildman–Crippen LogP) is 2.82. The van der Waals surface area contributed by atoms with Crippen LogP contribution in [-0.4, -0.2) is 7.11 Å². The Balaban J connectivity index is 3.53. The summed E-state index contributed by atoms with van der Waals surface area (Å²) < 4.78 is 31.3. The first-order chi connectivity index (χ1) is 6.79. The van der Waals surface area contributed by atoms with Crippen molar-refractivity contribution in [3.05, 3.63) is 28.3 Å². The van der Waals surface area contributed by atoms with Crippen LogP contribution in [0.1, 0.15) is 19.4 Å². The van der Waals surface area contributed by atoms with Crippen LogP contribution in [0.3, 0.4) is 0 Å². The predicted molar refractivity (Wildman–Crippen MR) is 55.1 cm³/mol. The molecule has 0 fully saturated rings. The molecule has 0 aliphatic carbocycles. The summed E-state index contributed by atoms with van der Waals surface area (Å²) in [5.74, 6) is -2.44. The molecule has 0 aliphatic rings. The van der Waals surface area contributed by atoms with Gasteiger partial charge in [-0.2, -0.15) is 4.39 Å². The van der Waals surface area contributed by atoms with E-state index in [1.54, 1.807) is 13.8 Å². The average molecular weight is 236 g/mol. The minimum absolute atomic E-state index is 0.204. The first kappa shape index (κ1) is 12.2. The van der Waals surface area contributed by atoms with Gasteiger partial charge in [0.2, 0.25) is 5.82 Å². The molecule has 0 aromatic heterocycles. The van der Waals surface area contributed by atoms with Gasteiger partial charge in [0, 0.05) is 11.1 Å². The molecule has 2 nitrogen and oxygen atoms in total. The van der Waals surface area contributed by atoms with Crippen molar-refractivity contribution in [2.24, 2.45) is 5.73 Å². The molecule has 0 saturated carbocycles. The Bertz CT molecular complexity index is 388. The molecule has 1 aromatic rings. The standard InChI is InChI=1S/C10H12ClF2NO/c1-10(2,14)5-4-6(11)7(12)8(13)9(5)15-3/h4H,14H2,1-3H3. The van der Waals surface area contributed by atoms with Gasteiger partial charge in [0.05, 0.1) is 12.1 Å². The Morgan fingerprint density at radius 3 is 2.27 bits per heavy atom. The largest absolute Gasteiger partial charge is 0.493 e. The Morgan fingerprint density at radius 1 is 1.33 bits per heavy atom. The van der Waals surface area contributed by atoms with Crippen molar-refractivity contribution in [1.82, 2.24) is 0 Å². The Labute approximate surface area is 92.0 Å². The summed E-state index contributed by atoms with van der Waals surface area (Å²) in [4.78, 5) is 0. The molecular weight excluding hydrogens is 224 g/mol. The van der Waals surface area contributed by atoms with E-state index in [2.05, 4.69) is 0 Å². The third kappa shape index (κ3) is 2.21. The Kier molecular flexibility index (Phi) is 3.21. The number of benzene rings is 1. The van der Waals surface area contributed by atoms with Crippen molar-refractivity contribution in [1.29, 1.82) is 0 Å². The molecule has 0 bridgehead atoms. The van der Waals surface area contributed by atoms with Crippen molar-refractivity contribution in [3.8, 4) is 5.75 Å². The second-order valence-corrected chi connectivity index (χ2v) is 4.20. The zero-order valence-corrected chi connectivity index (χ0v) is 9.45. The third-order valence-electron chi connectivity index (χ3n) is 2.02. The summed E-state index contributed by atoms with van der Waals surface area (Å²) in [6.45, 7) is 3.30. The van der Waals surface area contributed by atoms with Crippen LogP contribution in [0, 0.1) is 11.6 Å². The molecule has 5 heteroatoms. The van der Waals surface area contributed by atoms with Crippen LogP contribution in [0.4, 0.5) is 8.78 Å². The number of hydrogen-bond donors (Lipinski definition) is 1. The molecular formula is C10H12ClF2NO. The van der Waals surface area contributed by atoms with Gasteiger partial charge in [-0.1, -0.05) is 11.6 Å². The normalized spacial score (nSPS) is 11.7. The Hall–Kier alpha value is -0.870. The van der Waals surface area contributed by atoms with Gasteiger partial charge in [-0.15, -0.1) is 0 Å². The van der Waals surface area contributed by atoms with E-state index in [-0.39, 0.29) is 10.8 Å². The molecule has 0 atom stereocenters. The maximum absolute atomic E-state index is 13.4. The van der Waals surface area contributed by atoms with E-state index < -0.39 is 17.2 Å². The van der Waals surface area contributed by atoms with Gasteiger partial charge in [-0.25, -0.2) is 4.39 Å². The first-order valence-electron chi connectivity index (χ1n) is 4.30. The fourth-order valence-electron chi connectivity index (χ4n) is 1.26. The summed E-state index contributed by atoms with van der Waals surface area (Å²) in [6.07, 6.45) is 0. The molecule has 0 saturated heterocycles. The molecule has 0 spiro atoms. The molecule has 0 amide bonds. The number of rotatable bonds is 2. The molecule has 15 heavy (non-hydrogen) atoms. The van der Waals surface area contributed by atoms with Crippen molar-refractivity contribution >= 4 is 11.6 Å². The van der Waals surface area contributed by atoms with Crippen LogP contribution in [0.25, 0.3) is 0 Å². The summed E-state index contributed by atoms with van der Waals surface area (Å²) in [7, 11) is 1.25. The number of halogens is 3. The van der Waals surface area contributed by atoms with E-state index in [0.717, 1.165) is 0 Å². The zero-order valence-electron chi connectivity index (χ0n) is 8.70. The van der Waals surface area contributed by atoms with Crippen LogP contribution in [0.5, 0.6) is 5.75 Å². The SMILES string of the molecule is COc1c(C(C)(C)N)cc(Cl)c(F)c1F. The third-order valence-corrected chi connectivity index (χ3v) is 2.29. The highest BCUT2D eigenvalue weighted by Crippen LogP contribution is 2.35. The highest BCUT2D eigenvalue weighted by atomic mass is 35.5. The maximum Gasteiger partial charge on any atom is 0.202 e. The first-order valence-corrected chi connectivity index (χ1v) is 4.67. The van der Waals surface area contributed by atoms with Gasteiger partial charge in [0.25, 0.3) is 0 Å². The monoisotopic (exact) mass is 235 g/mol. The molecule has 84 valence electrons. The molecule has 0 heterocycles. The average Bonchev–Trinajstić information content (AvgIpc) is 2.12. The van der Waals surface area contributed by atoms with E-state index in [4.69, 9.17) is 22.1 Å². The fourth-order valence-corrected chi connectivity index (χ4v) is 1.45. The number of ether oxygens (including phenoxy) is 1. The van der Waals surface area contributed by atoms with Crippen LogP contribution >= 0.6 is 11.6 Å². The van der Waals surface area contributed by atoms with Gasteiger partial charge >= 0.3 is 0 Å². The van der Waals surface area contributed by atoms with E-state index in [1.165, 1.54) is 13.2 Å². The van der Waals surface area contributed by atoms with Gasteiger partial charge < -0.3 is 10.5 Å². The maximum atomic E-state index is 13.4. The number of hydrogen-bond acceptors (Lipinski definition) is 2. The molecule has 1 aromatic carbocycles. The highest BCUT2D eigenvalue weighted by Gasteiger charge is 2.26. The smallest absolute Gasteiger partial charge is 0.202 e. The van der Waals surface area contributed by atoms with Crippen LogP contribution in [0.15, 0.2) is 6.07 Å². The molecule has 1 rings (SSSR count).